The molecule has 2 aromatic carbocycles. The van der Waals surface area contributed by atoms with Crippen LogP contribution < -0.4 is 20.1 Å². The van der Waals surface area contributed by atoms with Crippen LogP contribution in [0.5, 0.6) is 11.5 Å². The maximum atomic E-state index is 13.8. The molecule has 3 rings (SSSR count). The molecule has 0 unspecified atom stereocenters. The maximum Gasteiger partial charge on any atom is 0.275 e. The van der Waals surface area contributed by atoms with E-state index in [2.05, 4.69) is 15.6 Å². The summed E-state index contributed by atoms with van der Waals surface area (Å²) < 4.78 is 24.5. The second kappa shape index (κ2) is 8.70. The molecule has 150 valence electrons. The van der Waals surface area contributed by atoms with Gasteiger partial charge in [0.15, 0.2) is 11.5 Å². The highest BCUT2D eigenvalue weighted by atomic mass is 32.1. The van der Waals surface area contributed by atoms with Gasteiger partial charge in [0.25, 0.3) is 5.91 Å². The monoisotopic (exact) mass is 415 g/mol. The summed E-state index contributed by atoms with van der Waals surface area (Å²) in [6.45, 7) is 1.27. The van der Waals surface area contributed by atoms with Gasteiger partial charge < -0.3 is 20.1 Å². The Morgan fingerprint density at radius 2 is 1.90 bits per heavy atom. The molecule has 2 N–H and O–H groups in total. The van der Waals surface area contributed by atoms with E-state index in [1.807, 2.05) is 6.07 Å². The van der Waals surface area contributed by atoms with Gasteiger partial charge in [-0.1, -0.05) is 6.07 Å². The zero-order chi connectivity index (χ0) is 21.0. The standard InChI is InChI=1S/C20H18FN3O4S/c1-11(25)22-15-9-12(7-8-14(15)21)23-19(26)16-10-29-20(24-16)13-5-4-6-17(27-2)18(13)28-3/h4-10H,1-3H3,(H,22,25)(H,23,26). The molecule has 0 aliphatic rings. The van der Waals surface area contributed by atoms with Crippen molar-refractivity contribution in [2.45, 2.75) is 6.92 Å². The van der Waals surface area contributed by atoms with E-state index in [9.17, 15) is 14.0 Å². The van der Waals surface area contributed by atoms with Crippen LogP contribution in [0.1, 0.15) is 17.4 Å². The first-order valence-electron chi connectivity index (χ1n) is 8.48. The zero-order valence-electron chi connectivity index (χ0n) is 15.9. The number of nitrogens with zero attached hydrogens (tertiary/aromatic N) is 1. The third kappa shape index (κ3) is 4.52. The van der Waals surface area contributed by atoms with Gasteiger partial charge in [0.05, 0.1) is 25.5 Å². The number of rotatable bonds is 6. The number of thiazole rings is 1. The largest absolute Gasteiger partial charge is 0.493 e. The van der Waals surface area contributed by atoms with E-state index < -0.39 is 17.6 Å². The fraction of sp³-hybridized carbons (Fsp3) is 0.150. The van der Waals surface area contributed by atoms with Crippen molar-refractivity contribution in [3.63, 3.8) is 0 Å². The molecule has 0 radical (unpaired) electrons. The number of nitrogens with one attached hydrogen (secondary N) is 2. The van der Waals surface area contributed by atoms with E-state index >= 15 is 0 Å². The van der Waals surface area contributed by atoms with Crippen LogP contribution in [-0.4, -0.2) is 31.0 Å². The van der Waals surface area contributed by atoms with Crippen molar-refractivity contribution >= 4 is 34.5 Å². The molecule has 0 aliphatic heterocycles. The fourth-order valence-electron chi connectivity index (χ4n) is 2.64. The average molecular weight is 415 g/mol. The fourth-order valence-corrected chi connectivity index (χ4v) is 3.46. The van der Waals surface area contributed by atoms with Crippen LogP contribution in [0.2, 0.25) is 0 Å². The molecule has 0 saturated carbocycles. The van der Waals surface area contributed by atoms with Crippen LogP contribution in [0.15, 0.2) is 41.8 Å². The summed E-state index contributed by atoms with van der Waals surface area (Å²) in [5, 5.41) is 7.22. The number of anilines is 2. The number of carbonyl (C=O) groups is 2. The van der Waals surface area contributed by atoms with Gasteiger partial charge in [-0.3, -0.25) is 9.59 Å². The Morgan fingerprint density at radius 1 is 1.10 bits per heavy atom. The van der Waals surface area contributed by atoms with Crippen molar-refractivity contribution in [1.82, 2.24) is 4.98 Å². The molecule has 0 aliphatic carbocycles. The average Bonchev–Trinajstić information content (AvgIpc) is 3.19. The van der Waals surface area contributed by atoms with Gasteiger partial charge in [-0.2, -0.15) is 0 Å². The van der Waals surface area contributed by atoms with Gasteiger partial charge in [0, 0.05) is 18.0 Å². The third-order valence-corrected chi connectivity index (χ3v) is 4.78. The minimum Gasteiger partial charge on any atom is -0.493 e. The van der Waals surface area contributed by atoms with Crippen LogP contribution in [0.4, 0.5) is 15.8 Å². The first-order chi connectivity index (χ1) is 13.9. The van der Waals surface area contributed by atoms with E-state index in [1.54, 1.807) is 24.6 Å². The number of halogens is 1. The summed E-state index contributed by atoms with van der Waals surface area (Å²) >= 11 is 1.28. The molecule has 29 heavy (non-hydrogen) atoms. The molecule has 0 spiro atoms. The third-order valence-electron chi connectivity index (χ3n) is 3.91. The van der Waals surface area contributed by atoms with Crippen molar-refractivity contribution in [3.8, 4) is 22.1 Å². The lowest BCUT2D eigenvalue weighted by Gasteiger charge is -2.10. The molecule has 3 aromatic rings. The topological polar surface area (TPSA) is 89.5 Å². The summed E-state index contributed by atoms with van der Waals surface area (Å²) in [5.41, 5.74) is 1.20. The van der Waals surface area contributed by atoms with Crippen LogP contribution in [-0.2, 0) is 4.79 Å². The lowest BCUT2D eigenvalue weighted by Crippen LogP contribution is -2.13. The van der Waals surface area contributed by atoms with Gasteiger partial charge in [-0.05, 0) is 30.3 Å². The van der Waals surface area contributed by atoms with Gasteiger partial charge in [-0.25, -0.2) is 9.37 Å². The number of carbonyl (C=O) groups excluding carboxylic acids is 2. The first-order valence-corrected chi connectivity index (χ1v) is 9.36. The first kappa shape index (κ1) is 20.3. The van der Waals surface area contributed by atoms with Crippen LogP contribution in [0.3, 0.4) is 0 Å². The van der Waals surface area contributed by atoms with Crippen LogP contribution >= 0.6 is 11.3 Å². The molecule has 0 fully saturated rings. The van der Waals surface area contributed by atoms with Crippen molar-refractivity contribution < 1.29 is 23.5 Å². The number of aromatic nitrogens is 1. The quantitative estimate of drug-likeness (QED) is 0.631. The normalized spacial score (nSPS) is 10.3. The van der Waals surface area contributed by atoms with Crippen molar-refractivity contribution in [2.75, 3.05) is 24.9 Å². The Balaban J connectivity index is 1.83. The summed E-state index contributed by atoms with van der Waals surface area (Å²) in [6.07, 6.45) is 0. The Labute approximate surface area is 170 Å². The van der Waals surface area contributed by atoms with Gasteiger partial charge in [0.1, 0.15) is 16.5 Å². The Bertz CT molecular complexity index is 1070. The lowest BCUT2D eigenvalue weighted by atomic mass is 10.2. The molecule has 0 bridgehead atoms. The van der Waals surface area contributed by atoms with Crippen molar-refractivity contribution in [2.24, 2.45) is 0 Å². The highest BCUT2D eigenvalue weighted by Gasteiger charge is 2.17. The minimum atomic E-state index is -0.598. The second-order valence-electron chi connectivity index (χ2n) is 5.91. The molecule has 0 atom stereocenters. The predicted octanol–water partition coefficient (Wildman–Crippen LogP) is 4.18. The van der Waals surface area contributed by atoms with E-state index in [1.165, 1.54) is 37.5 Å². The second-order valence-corrected chi connectivity index (χ2v) is 6.77. The van der Waals surface area contributed by atoms with E-state index in [0.29, 0.717) is 27.8 Å². The molecule has 1 aromatic heterocycles. The molecule has 2 amide bonds. The van der Waals surface area contributed by atoms with Gasteiger partial charge in [0.2, 0.25) is 5.91 Å². The van der Waals surface area contributed by atoms with Gasteiger partial charge >= 0.3 is 0 Å². The van der Waals surface area contributed by atoms with Crippen molar-refractivity contribution in [3.05, 3.63) is 53.3 Å². The highest BCUT2D eigenvalue weighted by Crippen LogP contribution is 2.39. The summed E-state index contributed by atoms with van der Waals surface area (Å²) in [6, 6.07) is 9.30. The van der Waals surface area contributed by atoms with Crippen molar-refractivity contribution in [1.29, 1.82) is 0 Å². The number of hydrogen-bond acceptors (Lipinski definition) is 6. The minimum absolute atomic E-state index is 0.0182. The maximum absolute atomic E-state index is 13.8. The zero-order valence-corrected chi connectivity index (χ0v) is 16.7. The molecular formula is C20H18FN3O4S. The summed E-state index contributed by atoms with van der Waals surface area (Å²) in [5.74, 6) is -0.393. The Morgan fingerprint density at radius 3 is 2.59 bits per heavy atom. The van der Waals surface area contributed by atoms with E-state index in [0.717, 1.165) is 6.07 Å². The SMILES string of the molecule is COc1cccc(-c2nc(C(=O)Nc3ccc(F)c(NC(C)=O)c3)cs2)c1OC. The van der Waals surface area contributed by atoms with Crippen LogP contribution in [0, 0.1) is 5.82 Å². The number of para-hydroxylation sites is 1. The van der Waals surface area contributed by atoms with Gasteiger partial charge in [-0.15, -0.1) is 11.3 Å². The Hall–Kier alpha value is -3.46. The number of ether oxygens (including phenoxy) is 2. The number of benzene rings is 2. The smallest absolute Gasteiger partial charge is 0.275 e. The molecular weight excluding hydrogens is 397 g/mol. The number of amides is 2. The van der Waals surface area contributed by atoms with E-state index in [-0.39, 0.29) is 11.4 Å². The molecule has 7 nitrogen and oxygen atoms in total. The summed E-state index contributed by atoms with van der Waals surface area (Å²) in [4.78, 5) is 28.1. The lowest BCUT2D eigenvalue weighted by molar-refractivity contribution is -0.114. The number of methoxy groups -OCH3 is 2. The molecule has 0 saturated heterocycles. The summed E-state index contributed by atoms with van der Waals surface area (Å²) in [7, 11) is 3.07. The highest BCUT2D eigenvalue weighted by molar-refractivity contribution is 7.13. The number of hydrogen-bond donors (Lipinski definition) is 2. The molecule has 1 heterocycles. The molecule has 9 heteroatoms. The van der Waals surface area contributed by atoms with E-state index in [4.69, 9.17) is 9.47 Å². The van der Waals surface area contributed by atoms with Crippen LogP contribution in [0.25, 0.3) is 10.6 Å². The predicted molar refractivity (Wildman–Crippen MR) is 109 cm³/mol. The Kier molecular flexibility index (Phi) is 6.08.